The minimum absolute atomic E-state index is 0.291. The third kappa shape index (κ3) is 5.89. The van der Waals surface area contributed by atoms with Crippen LogP contribution in [-0.4, -0.2) is 57.0 Å². The fraction of sp³-hybridized carbons (Fsp3) is 0.923. The first-order valence-electron chi connectivity index (χ1n) is 6.94. The number of hydrogen-bond donors (Lipinski definition) is 1. The molecule has 0 saturated carbocycles. The van der Waals surface area contributed by atoms with E-state index in [0.29, 0.717) is 18.1 Å². The molecule has 0 amide bonds. The highest BCUT2D eigenvalue weighted by molar-refractivity contribution is 7.91. The molecule has 0 spiro atoms. The Labute approximate surface area is 116 Å². The van der Waals surface area contributed by atoms with Gasteiger partial charge in [0.05, 0.1) is 17.6 Å². The zero-order valence-corrected chi connectivity index (χ0v) is 12.8. The van der Waals surface area contributed by atoms with Crippen molar-refractivity contribution in [2.24, 2.45) is 0 Å². The van der Waals surface area contributed by atoms with Crippen LogP contribution in [0.15, 0.2) is 0 Å². The number of rotatable bonds is 6. The molecule has 0 radical (unpaired) electrons. The lowest BCUT2D eigenvalue weighted by molar-refractivity contribution is 0.283. The fourth-order valence-corrected chi connectivity index (χ4v) is 3.57. The summed E-state index contributed by atoms with van der Waals surface area (Å²) in [5.41, 5.74) is -0.442. The summed E-state index contributed by atoms with van der Waals surface area (Å²) >= 11 is 0. The maximum atomic E-state index is 11.5. The molecule has 1 unspecified atom stereocenters. The number of sulfone groups is 1. The van der Waals surface area contributed by atoms with E-state index in [0.717, 1.165) is 38.8 Å². The van der Waals surface area contributed by atoms with E-state index in [1.54, 1.807) is 0 Å². The van der Waals surface area contributed by atoms with Crippen molar-refractivity contribution in [1.29, 1.82) is 5.26 Å². The van der Waals surface area contributed by atoms with E-state index < -0.39 is 15.4 Å². The molecular weight excluding hydrogens is 262 g/mol. The molecule has 1 heterocycles. The standard InChI is InChI=1S/C13H25N3O2S/c1-13(12-14,15-2)6-3-4-7-16-8-5-10-19(17,18)11-9-16/h15H,3-11H2,1-2H3. The van der Waals surface area contributed by atoms with Crippen LogP contribution < -0.4 is 5.32 Å². The Hall–Kier alpha value is -0.640. The average molecular weight is 287 g/mol. The highest BCUT2D eigenvalue weighted by atomic mass is 32.2. The second kappa shape index (κ2) is 7.22. The van der Waals surface area contributed by atoms with E-state index in [4.69, 9.17) is 5.26 Å². The normalized spacial score (nSPS) is 23.2. The van der Waals surface area contributed by atoms with Gasteiger partial charge in [-0.15, -0.1) is 0 Å². The van der Waals surface area contributed by atoms with Gasteiger partial charge in [-0.1, -0.05) is 0 Å². The Bertz CT molecular complexity index is 416. The molecule has 0 aromatic rings. The first kappa shape index (κ1) is 16.4. The number of hydrogen-bond acceptors (Lipinski definition) is 5. The van der Waals surface area contributed by atoms with Crippen molar-refractivity contribution in [2.75, 3.05) is 38.2 Å². The van der Waals surface area contributed by atoms with Crippen LogP contribution in [0.1, 0.15) is 32.6 Å². The molecule has 1 atom stereocenters. The Morgan fingerprint density at radius 2 is 2.05 bits per heavy atom. The molecule has 6 heteroatoms. The summed E-state index contributed by atoms with van der Waals surface area (Å²) in [5, 5.41) is 12.1. The van der Waals surface area contributed by atoms with Gasteiger partial charge in [-0.3, -0.25) is 0 Å². The van der Waals surface area contributed by atoms with Gasteiger partial charge in [0, 0.05) is 6.54 Å². The molecular formula is C13H25N3O2S. The molecule has 1 aliphatic heterocycles. The van der Waals surface area contributed by atoms with Crippen LogP contribution in [0.3, 0.4) is 0 Å². The third-order valence-electron chi connectivity index (χ3n) is 3.85. The van der Waals surface area contributed by atoms with Gasteiger partial charge in [0.2, 0.25) is 0 Å². The smallest absolute Gasteiger partial charge is 0.151 e. The molecule has 1 saturated heterocycles. The van der Waals surface area contributed by atoms with Gasteiger partial charge in [-0.2, -0.15) is 5.26 Å². The minimum atomic E-state index is -2.81. The van der Waals surface area contributed by atoms with E-state index in [-0.39, 0.29) is 0 Å². The van der Waals surface area contributed by atoms with Crippen LogP contribution in [0.25, 0.3) is 0 Å². The summed E-state index contributed by atoms with van der Waals surface area (Å²) in [6.07, 6.45) is 3.56. The van der Waals surface area contributed by atoms with Crippen molar-refractivity contribution in [3.63, 3.8) is 0 Å². The summed E-state index contributed by atoms with van der Waals surface area (Å²) < 4.78 is 23.0. The number of nitrogens with one attached hydrogen (secondary N) is 1. The molecule has 0 aliphatic carbocycles. The first-order valence-corrected chi connectivity index (χ1v) is 8.76. The van der Waals surface area contributed by atoms with Crippen LogP contribution in [-0.2, 0) is 9.84 Å². The van der Waals surface area contributed by atoms with Crippen molar-refractivity contribution in [1.82, 2.24) is 10.2 Å². The molecule has 1 fully saturated rings. The van der Waals surface area contributed by atoms with Gasteiger partial charge in [-0.05, 0) is 52.7 Å². The molecule has 0 aromatic carbocycles. The zero-order valence-electron chi connectivity index (χ0n) is 12.0. The van der Waals surface area contributed by atoms with Crippen molar-refractivity contribution in [3.05, 3.63) is 0 Å². The lowest BCUT2D eigenvalue weighted by atomic mass is 9.97. The number of nitriles is 1. The highest BCUT2D eigenvalue weighted by Gasteiger charge is 2.21. The van der Waals surface area contributed by atoms with Gasteiger partial charge in [0.1, 0.15) is 5.54 Å². The van der Waals surface area contributed by atoms with E-state index in [2.05, 4.69) is 16.3 Å². The second-order valence-corrected chi connectivity index (χ2v) is 7.80. The summed E-state index contributed by atoms with van der Waals surface area (Å²) in [5.74, 6) is 0.620. The van der Waals surface area contributed by atoms with Crippen LogP contribution in [0.4, 0.5) is 0 Å². The van der Waals surface area contributed by atoms with Crippen LogP contribution in [0.5, 0.6) is 0 Å². The molecule has 1 rings (SSSR count). The maximum absolute atomic E-state index is 11.5. The molecule has 0 bridgehead atoms. The van der Waals surface area contributed by atoms with Gasteiger partial charge in [0.25, 0.3) is 0 Å². The van der Waals surface area contributed by atoms with E-state index in [1.165, 1.54) is 0 Å². The second-order valence-electron chi connectivity index (χ2n) is 5.50. The van der Waals surface area contributed by atoms with Gasteiger partial charge in [-0.25, -0.2) is 8.42 Å². The van der Waals surface area contributed by atoms with Crippen molar-refractivity contribution >= 4 is 9.84 Å². The van der Waals surface area contributed by atoms with Gasteiger partial charge < -0.3 is 10.2 Å². The predicted octanol–water partition coefficient (Wildman–Crippen LogP) is 0.779. The van der Waals surface area contributed by atoms with Gasteiger partial charge in [0.15, 0.2) is 9.84 Å². The topological polar surface area (TPSA) is 73.2 Å². The molecule has 110 valence electrons. The van der Waals surface area contributed by atoms with Crippen molar-refractivity contribution in [2.45, 2.75) is 38.1 Å². The quantitative estimate of drug-likeness (QED) is 0.731. The van der Waals surface area contributed by atoms with Gasteiger partial charge >= 0.3 is 0 Å². The van der Waals surface area contributed by atoms with E-state index in [1.807, 2.05) is 14.0 Å². The number of nitrogens with zero attached hydrogens (tertiary/aromatic N) is 2. The van der Waals surface area contributed by atoms with E-state index in [9.17, 15) is 8.42 Å². The van der Waals surface area contributed by atoms with Crippen LogP contribution in [0.2, 0.25) is 0 Å². The molecule has 5 nitrogen and oxygen atoms in total. The molecule has 1 aliphatic rings. The summed E-state index contributed by atoms with van der Waals surface area (Å²) in [7, 11) is -1.00. The first-order chi connectivity index (χ1) is 8.91. The SMILES string of the molecule is CNC(C)(C#N)CCCCN1CCCS(=O)(=O)CC1. The minimum Gasteiger partial charge on any atom is -0.303 e. The summed E-state index contributed by atoms with van der Waals surface area (Å²) in [6, 6.07) is 2.28. The van der Waals surface area contributed by atoms with E-state index >= 15 is 0 Å². The largest absolute Gasteiger partial charge is 0.303 e. The maximum Gasteiger partial charge on any atom is 0.151 e. The third-order valence-corrected chi connectivity index (χ3v) is 5.56. The Balaban J connectivity index is 2.25. The Morgan fingerprint density at radius 1 is 1.32 bits per heavy atom. The monoisotopic (exact) mass is 287 g/mol. The lowest BCUT2D eigenvalue weighted by Gasteiger charge is -2.22. The zero-order chi connectivity index (χ0) is 14.4. The predicted molar refractivity (Wildman–Crippen MR) is 76.6 cm³/mol. The fourth-order valence-electron chi connectivity index (χ4n) is 2.26. The lowest BCUT2D eigenvalue weighted by Crippen LogP contribution is -2.38. The molecule has 0 aromatic heterocycles. The summed E-state index contributed by atoms with van der Waals surface area (Å²) in [4.78, 5) is 2.23. The van der Waals surface area contributed by atoms with Crippen molar-refractivity contribution < 1.29 is 8.42 Å². The Kier molecular flexibility index (Phi) is 6.24. The average Bonchev–Trinajstić information content (AvgIpc) is 2.56. The molecule has 19 heavy (non-hydrogen) atoms. The van der Waals surface area contributed by atoms with Crippen LogP contribution >= 0.6 is 0 Å². The summed E-state index contributed by atoms with van der Waals surface area (Å²) in [6.45, 7) is 4.37. The Morgan fingerprint density at radius 3 is 2.68 bits per heavy atom. The van der Waals surface area contributed by atoms with Crippen molar-refractivity contribution in [3.8, 4) is 6.07 Å². The van der Waals surface area contributed by atoms with Crippen LogP contribution in [0, 0.1) is 11.3 Å². The molecule has 1 N–H and O–H groups in total. The highest BCUT2D eigenvalue weighted by Crippen LogP contribution is 2.13. The number of unbranched alkanes of at least 4 members (excludes halogenated alkanes) is 1.